The molecule has 2 aromatic rings. The molecule has 0 amide bonds. The minimum Gasteiger partial charge on any atom is -0.469 e. The summed E-state index contributed by atoms with van der Waals surface area (Å²) in [5, 5.41) is 9.00. The zero-order valence-electron chi connectivity index (χ0n) is 11.8. The van der Waals surface area contributed by atoms with Gasteiger partial charge in [0.25, 0.3) is 0 Å². The summed E-state index contributed by atoms with van der Waals surface area (Å²) in [5.41, 5.74) is 1.71. The van der Waals surface area contributed by atoms with Crippen molar-refractivity contribution in [3.63, 3.8) is 0 Å². The van der Waals surface area contributed by atoms with E-state index in [2.05, 4.69) is 10.3 Å². The third-order valence-corrected chi connectivity index (χ3v) is 4.10. The van der Waals surface area contributed by atoms with E-state index < -0.39 is 0 Å². The Kier molecular flexibility index (Phi) is 3.68. The number of hydrogen-bond donors (Lipinski definition) is 0. The van der Waals surface area contributed by atoms with E-state index in [1.807, 2.05) is 30.5 Å². The van der Waals surface area contributed by atoms with Gasteiger partial charge in [-0.1, -0.05) is 28.9 Å². The van der Waals surface area contributed by atoms with Gasteiger partial charge in [-0.25, -0.2) is 0 Å². The molecule has 0 spiro atoms. The van der Waals surface area contributed by atoms with E-state index in [4.69, 9.17) is 16.3 Å². The molecule has 0 radical (unpaired) electrons. The van der Waals surface area contributed by atoms with E-state index >= 15 is 0 Å². The van der Waals surface area contributed by atoms with Crippen LogP contribution in [-0.2, 0) is 16.1 Å². The van der Waals surface area contributed by atoms with Crippen LogP contribution >= 0.6 is 11.6 Å². The maximum atomic E-state index is 11.4. The van der Waals surface area contributed by atoms with Crippen LogP contribution in [0.1, 0.15) is 19.3 Å². The lowest BCUT2D eigenvalue weighted by atomic mass is 10.0. The molecule has 0 saturated heterocycles. The molecule has 3 rings (SSSR count). The molecule has 1 fully saturated rings. The molecule has 0 bridgehead atoms. The van der Waals surface area contributed by atoms with E-state index in [-0.39, 0.29) is 11.4 Å². The van der Waals surface area contributed by atoms with Crippen molar-refractivity contribution in [1.29, 1.82) is 0 Å². The fourth-order valence-corrected chi connectivity index (χ4v) is 2.64. The average Bonchev–Trinajstić information content (AvgIpc) is 3.05. The maximum Gasteiger partial charge on any atom is 0.306 e. The van der Waals surface area contributed by atoms with Gasteiger partial charge in [-0.3, -0.25) is 9.48 Å². The third-order valence-electron chi connectivity index (χ3n) is 3.86. The van der Waals surface area contributed by atoms with E-state index in [0.717, 1.165) is 24.1 Å². The maximum absolute atomic E-state index is 11.4. The first kappa shape index (κ1) is 14.1. The van der Waals surface area contributed by atoms with Crippen molar-refractivity contribution in [1.82, 2.24) is 15.0 Å². The Morgan fingerprint density at radius 3 is 2.95 bits per heavy atom. The van der Waals surface area contributed by atoms with Crippen LogP contribution in [0.25, 0.3) is 11.3 Å². The SMILES string of the molecule is COC(=O)CC1(Cn2cc(-c3cccc(Cl)c3)nn2)CC1. The Morgan fingerprint density at radius 2 is 2.29 bits per heavy atom. The minimum absolute atomic E-state index is 0.00754. The highest BCUT2D eigenvalue weighted by molar-refractivity contribution is 6.30. The van der Waals surface area contributed by atoms with E-state index in [1.54, 1.807) is 4.68 Å². The van der Waals surface area contributed by atoms with Crippen LogP contribution in [0.2, 0.25) is 5.02 Å². The number of methoxy groups -OCH3 is 1. The summed E-state index contributed by atoms with van der Waals surface area (Å²) in [6, 6.07) is 7.51. The molecule has 1 aromatic heterocycles. The molecule has 1 aromatic carbocycles. The van der Waals surface area contributed by atoms with Crippen LogP contribution in [0.15, 0.2) is 30.5 Å². The molecule has 0 atom stereocenters. The monoisotopic (exact) mass is 305 g/mol. The highest BCUT2D eigenvalue weighted by Gasteiger charge is 2.45. The number of esters is 1. The van der Waals surface area contributed by atoms with Crippen LogP contribution in [0.4, 0.5) is 0 Å². The Labute approximate surface area is 127 Å². The van der Waals surface area contributed by atoms with Crippen molar-refractivity contribution < 1.29 is 9.53 Å². The second kappa shape index (κ2) is 5.48. The molecule has 1 aliphatic carbocycles. The lowest BCUT2D eigenvalue weighted by Gasteiger charge is -2.12. The molecule has 1 heterocycles. The van der Waals surface area contributed by atoms with Gasteiger partial charge in [0, 0.05) is 22.5 Å². The lowest BCUT2D eigenvalue weighted by Crippen LogP contribution is -2.17. The molecule has 1 aliphatic rings. The summed E-state index contributed by atoms with van der Waals surface area (Å²) in [6.07, 6.45) is 4.38. The Hall–Kier alpha value is -1.88. The number of aromatic nitrogens is 3. The summed E-state index contributed by atoms with van der Waals surface area (Å²) < 4.78 is 6.55. The lowest BCUT2D eigenvalue weighted by molar-refractivity contribution is -0.142. The zero-order chi connectivity index (χ0) is 14.9. The predicted octanol–water partition coefficient (Wildman–Crippen LogP) is 2.94. The van der Waals surface area contributed by atoms with Crippen LogP contribution in [0.3, 0.4) is 0 Å². The van der Waals surface area contributed by atoms with Gasteiger partial charge in [-0.2, -0.15) is 0 Å². The quantitative estimate of drug-likeness (QED) is 0.797. The second-order valence-corrected chi connectivity index (χ2v) is 6.00. The molecule has 5 nitrogen and oxygen atoms in total. The predicted molar refractivity (Wildman–Crippen MR) is 78.8 cm³/mol. The third kappa shape index (κ3) is 3.24. The molecule has 0 N–H and O–H groups in total. The van der Waals surface area contributed by atoms with Gasteiger partial charge in [0.2, 0.25) is 0 Å². The fraction of sp³-hybridized carbons (Fsp3) is 0.400. The number of nitrogens with zero attached hydrogens (tertiary/aromatic N) is 3. The zero-order valence-corrected chi connectivity index (χ0v) is 12.5. The summed E-state index contributed by atoms with van der Waals surface area (Å²) in [7, 11) is 1.42. The van der Waals surface area contributed by atoms with Gasteiger partial charge in [-0.15, -0.1) is 5.10 Å². The number of halogens is 1. The molecule has 0 unspecified atom stereocenters. The van der Waals surface area contributed by atoms with Crippen LogP contribution in [0, 0.1) is 5.41 Å². The van der Waals surface area contributed by atoms with Gasteiger partial charge < -0.3 is 4.74 Å². The Morgan fingerprint density at radius 1 is 1.48 bits per heavy atom. The highest BCUT2D eigenvalue weighted by atomic mass is 35.5. The number of hydrogen-bond acceptors (Lipinski definition) is 4. The van der Waals surface area contributed by atoms with Crippen molar-refractivity contribution in [2.24, 2.45) is 5.41 Å². The van der Waals surface area contributed by atoms with E-state index in [9.17, 15) is 4.79 Å². The Bertz CT molecular complexity index is 664. The van der Waals surface area contributed by atoms with Crippen LogP contribution in [-0.4, -0.2) is 28.1 Å². The molecule has 0 aliphatic heterocycles. The van der Waals surface area contributed by atoms with Crippen molar-refractivity contribution >= 4 is 17.6 Å². The number of rotatable bonds is 5. The molecular formula is C15H16ClN3O2. The molecular weight excluding hydrogens is 290 g/mol. The smallest absolute Gasteiger partial charge is 0.306 e. The minimum atomic E-state index is -0.164. The van der Waals surface area contributed by atoms with Gasteiger partial charge >= 0.3 is 5.97 Å². The summed E-state index contributed by atoms with van der Waals surface area (Å²) in [4.78, 5) is 11.4. The van der Waals surface area contributed by atoms with Crippen molar-refractivity contribution in [3.05, 3.63) is 35.5 Å². The van der Waals surface area contributed by atoms with Gasteiger partial charge in [0.1, 0.15) is 5.69 Å². The van der Waals surface area contributed by atoms with Crippen LogP contribution < -0.4 is 0 Å². The number of ether oxygens (including phenoxy) is 1. The topological polar surface area (TPSA) is 57.0 Å². The first-order valence-corrected chi connectivity index (χ1v) is 7.21. The van der Waals surface area contributed by atoms with E-state index in [1.165, 1.54) is 7.11 Å². The number of carbonyl (C=O) groups is 1. The Balaban J connectivity index is 1.72. The molecule has 6 heteroatoms. The van der Waals surface area contributed by atoms with Crippen molar-refractivity contribution in [2.45, 2.75) is 25.8 Å². The summed E-state index contributed by atoms with van der Waals surface area (Å²) in [5.74, 6) is -0.164. The van der Waals surface area contributed by atoms with Gasteiger partial charge in [0.05, 0.1) is 19.7 Å². The summed E-state index contributed by atoms with van der Waals surface area (Å²) >= 11 is 5.98. The number of benzene rings is 1. The van der Waals surface area contributed by atoms with E-state index in [0.29, 0.717) is 18.0 Å². The summed E-state index contributed by atoms with van der Waals surface area (Å²) in [6.45, 7) is 0.690. The second-order valence-electron chi connectivity index (χ2n) is 5.56. The highest BCUT2D eigenvalue weighted by Crippen LogP contribution is 2.50. The molecule has 1 saturated carbocycles. The normalized spacial score (nSPS) is 15.7. The fourth-order valence-electron chi connectivity index (χ4n) is 2.45. The largest absolute Gasteiger partial charge is 0.469 e. The average molecular weight is 306 g/mol. The first-order valence-electron chi connectivity index (χ1n) is 6.83. The van der Waals surface area contributed by atoms with Gasteiger partial charge in [0.15, 0.2) is 0 Å². The van der Waals surface area contributed by atoms with Gasteiger partial charge in [-0.05, 0) is 25.0 Å². The molecule has 110 valence electrons. The number of carbonyl (C=O) groups excluding carboxylic acids is 1. The van der Waals surface area contributed by atoms with Crippen molar-refractivity contribution in [2.75, 3.05) is 7.11 Å². The standard InChI is InChI=1S/C15H16ClN3O2/c1-21-14(20)8-15(5-6-15)10-19-9-13(17-18-19)11-3-2-4-12(16)7-11/h2-4,7,9H,5-6,8,10H2,1H3. The molecule has 21 heavy (non-hydrogen) atoms. The van der Waals surface area contributed by atoms with Crippen molar-refractivity contribution in [3.8, 4) is 11.3 Å². The van der Waals surface area contributed by atoms with Crippen LogP contribution in [0.5, 0.6) is 0 Å². The first-order chi connectivity index (χ1) is 10.1.